The Morgan fingerprint density at radius 3 is 2.67 bits per heavy atom. The smallest absolute Gasteiger partial charge is 0.299 e. The van der Waals surface area contributed by atoms with Crippen molar-refractivity contribution < 1.29 is 37.0 Å². The van der Waals surface area contributed by atoms with E-state index in [1.165, 1.54) is 18.4 Å². The highest BCUT2D eigenvalue weighted by molar-refractivity contribution is 5.95. The van der Waals surface area contributed by atoms with E-state index in [0.717, 1.165) is 13.0 Å². The molecular weight excluding hydrogens is 407 g/mol. The van der Waals surface area contributed by atoms with Crippen molar-refractivity contribution in [2.45, 2.75) is 31.7 Å². The van der Waals surface area contributed by atoms with Gasteiger partial charge in [0, 0.05) is 18.9 Å². The summed E-state index contributed by atoms with van der Waals surface area (Å²) in [6.07, 6.45) is 1.06. The number of carboxylic acid groups (broad SMARTS) is 1. The highest BCUT2D eigenvalue weighted by Gasteiger charge is 2.54. The summed E-state index contributed by atoms with van der Waals surface area (Å²) in [7, 11) is 0. The second-order valence-electron chi connectivity index (χ2n) is 6.64. The summed E-state index contributed by atoms with van der Waals surface area (Å²) >= 11 is 0. The first-order valence-corrected chi connectivity index (χ1v) is 8.66. The summed E-state index contributed by atoms with van der Waals surface area (Å²) in [6, 6.07) is 3.59. The van der Waals surface area contributed by atoms with E-state index in [2.05, 4.69) is 9.98 Å². The van der Waals surface area contributed by atoms with Crippen LogP contribution >= 0.6 is 0 Å². The molecule has 0 radical (unpaired) electrons. The number of alkyl halides is 2. The summed E-state index contributed by atoms with van der Waals surface area (Å²) in [5.41, 5.74) is 3.44. The number of aliphatic imine (C=N–C) groups is 1. The van der Waals surface area contributed by atoms with E-state index in [4.69, 9.17) is 24.8 Å². The van der Waals surface area contributed by atoms with Crippen molar-refractivity contribution in [2.24, 2.45) is 10.7 Å². The highest BCUT2D eigenvalue weighted by atomic mass is 19.3. The van der Waals surface area contributed by atoms with Gasteiger partial charge in [-0.1, -0.05) is 6.07 Å². The lowest BCUT2D eigenvalue weighted by atomic mass is 9.84. The van der Waals surface area contributed by atoms with Crippen molar-refractivity contribution in [3.63, 3.8) is 0 Å². The van der Waals surface area contributed by atoms with Crippen molar-refractivity contribution in [3.8, 4) is 0 Å². The van der Waals surface area contributed by atoms with Crippen LogP contribution in [0.5, 0.6) is 0 Å². The first kappa shape index (κ1) is 23.1. The molecule has 3 rings (SSSR count). The van der Waals surface area contributed by atoms with Crippen LogP contribution in [-0.4, -0.2) is 47.3 Å². The molecule has 1 aromatic heterocycles. The third-order valence-corrected chi connectivity index (χ3v) is 4.44. The van der Waals surface area contributed by atoms with Gasteiger partial charge in [-0.15, -0.1) is 0 Å². The molecule has 0 saturated heterocycles. The van der Waals surface area contributed by atoms with Gasteiger partial charge < -0.3 is 20.0 Å². The number of ketones is 1. The van der Waals surface area contributed by atoms with Gasteiger partial charge in [0.1, 0.15) is 36.8 Å². The molecule has 1 aliphatic rings. The molecular formula is C19H20F3N3O5. The molecule has 162 valence electrons. The topological polar surface area (TPSA) is 128 Å². The molecule has 2 aromatic rings. The molecule has 0 fully saturated rings. The highest BCUT2D eigenvalue weighted by Crippen LogP contribution is 2.43. The molecule has 0 amide bonds. The number of benzene rings is 1. The number of hydrogen-bond acceptors (Lipinski definition) is 7. The number of aryl methyl sites for hydroxylation is 1. The van der Waals surface area contributed by atoms with E-state index in [9.17, 15) is 18.0 Å². The van der Waals surface area contributed by atoms with Crippen LogP contribution in [-0.2, 0) is 21.5 Å². The number of halogens is 3. The maximum Gasteiger partial charge on any atom is 0.299 e. The normalized spacial score (nSPS) is 20.4. The number of Topliss-reactive ketones (excluding diaryl/α,β-unsaturated/α-hetero) is 1. The van der Waals surface area contributed by atoms with E-state index < -0.39 is 23.9 Å². The zero-order valence-corrected chi connectivity index (χ0v) is 16.2. The second kappa shape index (κ2) is 9.08. The Morgan fingerprint density at radius 2 is 2.07 bits per heavy atom. The number of rotatable bonds is 4. The number of hydrogen-bond donors (Lipinski definition) is 2. The third kappa shape index (κ3) is 4.85. The van der Waals surface area contributed by atoms with Gasteiger partial charge in [-0.3, -0.25) is 14.6 Å². The van der Waals surface area contributed by atoms with Crippen LogP contribution in [0.2, 0.25) is 0 Å². The first-order valence-electron chi connectivity index (χ1n) is 8.66. The van der Waals surface area contributed by atoms with Crippen LogP contribution in [0.3, 0.4) is 0 Å². The Kier molecular flexibility index (Phi) is 6.98. The molecule has 0 aliphatic carbocycles. The lowest BCUT2D eigenvalue weighted by molar-refractivity contribution is -0.122. The number of aromatic nitrogens is 1. The third-order valence-electron chi connectivity index (χ3n) is 4.44. The van der Waals surface area contributed by atoms with E-state index in [0.29, 0.717) is 11.5 Å². The Hall–Kier alpha value is -3.21. The minimum Gasteiger partial charge on any atom is -0.483 e. The molecule has 1 atom stereocenters. The van der Waals surface area contributed by atoms with Gasteiger partial charge in [-0.2, -0.15) is 0 Å². The van der Waals surface area contributed by atoms with Gasteiger partial charge in [0.2, 0.25) is 0 Å². The molecule has 0 saturated carbocycles. The second-order valence-corrected chi connectivity index (χ2v) is 6.64. The lowest BCUT2D eigenvalue weighted by Gasteiger charge is -2.33. The van der Waals surface area contributed by atoms with E-state index in [-0.39, 0.29) is 42.4 Å². The minimum atomic E-state index is -3.50. The van der Waals surface area contributed by atoms with Gasteiger partial charge in [-0.25, -0.2) is 18.2 Å². The molecule has 2 heterocycles. The number of carbonyl (C=O) groups is 2. The maximum absolute atomic E-state index is 14.7. The molecule has 0 unspecified atom stereocenters. The standard InChI is InChI=1S/C18H18F3N3O3.CH2O2/c1-10-23-14(7-27-10)15(25)6-11-3-4-13(19)12(5-11)17(2)18(20,21)9-26-8-16(22)24-17;2-1-3/h3-5,7H,6,8-9H2,1-2H3,(H2,22,24);1H,(H,2,3)/t17-;/m1./s1. The van der Waals surface area contributed by atoms with Gasteiger partial charge in [-0.05, 0) is 24.6 Å². The quantitative estimate of drug-likeness (QED) is 0.567. The summed E-state index contributed by atoms with van der Waals surface area (Å²) in [6.45, 7) is 1.22. The van der Waals surface area contributed by atoms with E-state index in [1.54, 1.807) is 6.92 Å². The predicted octanol–water partition coefficient (Wildman–Crippen LogP) is 2.49. The zero-order chi connectivity index (χ0) is 22.5. The Labute approximate surface area is 169 Å². The molecule has 0 bridgehead atoms. The van der Waals surface area contributed by atoms with Crippen molar-refractivity contribution in [3.05, 3.63) is 53.0 Å². The van der Waals surface area contributed by atoms with Crippen LogP contribution in [0, 0.1) is 12.7 Å². The Balaban J connectivity index is 0.00000101. The summed E-state index contributed by atoms with van der Waals surface area (Å²) < 4.78 is 53.6. The minimum absolute atomic E-state index is 0.111. The number of nitrogens with zero attached hydrogens (tertiary/aromatic N) is 2. The number of oxazole rings is 1. The zero-order valence-electron chi connectivity index (χ0n) is 16.2. The number of nitrogens with two attached hydrogens (primary N) is 1. The summed E-state index contributed by atoms with van der Waals surface area (Å²) in [5, 5.41) is 6.89. The number of carbonyl (C=O) groups excluding carboxylic acids is 1. The van der Waals surface area contributed by atoms with Crippen LogP contribution in [0.25, 0.3) is 0 Å². The van der Waals surface area contributed by atoms with E-state index >= 15 is 0 Å². The predicted molar refractivity (Wildman–Crippen MR) is 99.1 cm³/mol. The first-order chi connectivity index (χ1) is 14.0. The van der Waals surface area contributed by atoms with Crippen molar-refractivity contribution in [1.29, 1.82) is 0 Å². The van der Waals surface area contributed by atoms with Gasteiger partial charge in [0.05, 0.1) is 0 Å². The fourth-order valence-electron chi connectivity index (χ4n) is 2.91. The molecule has 3 N–H and O–H groups in total. The molecule has 11 heteroatoms. The van der Waals surface area contributed by atoms with Gasteiger partial charge in [0.15, 0.2) is 17.2 Å². The van der Waals surface area contributed by atoms with Crippen LogP contribution in [0.1, 0.15) is 34.4 Å². The SMILES string of the molecule is Cc1nc(C(=O)Cc2ccc(F)c([C@@]3(C)N=C(N)COCC3(F)F)c2)co1.O=CO. The van der Waals surface area contributed by atoms with Crippen LogP contribution in [0.4, 0.5) is 13.2 Å². The van der Waals surface area contributed by atoms with Gasteiger partial charge in [0.25, 0.3) is 12.4 Å². The number of amidine groups is 1. The lowest BCUT2D eigenvalue weighted by Crippen LogP contribution is -2.45. The molecule has 0 spiro atoms. The monoisotopic (exact) mass is 427 g/mol. The van der Waals surface area contributed by atoms with Crippen LogP contribution in [0.15, 0.2) is 33.9 Å². The average molecular weight is 427 g/mol. The summed E-state index contributed by atoms with van der Waals surface area (Å²) in [5.74, 6) is -4.58. The maximum atomic E-state index is 14.7. The largest absolute Gasteiger partial charge is 0.483 e. The van der Waals surface area contributed by atoms with Crippen molar-refractivity contribution >= 4 is 18.1 Å². The molecule has 30 heavy (non-hydrogen) atoms. The fourth-order valence-corrected chi connectivity index (χ4v) is 2.91. The fraction of sp³-hybridized carbons (Fsp3) is 0.368. The summed E-state index contributed by atoms with van der Waals surface area (Å²) in [4.78, 5) is 28.4. The van der Waals surface area contributed by atoms with Crippen molar-refractivity contribution in [2.75, 3.05) is 13.2 Å². The average Bonchev–Trinajstić information content (AvgIpc) is 3.06. The molecule has 1 aliphatic heterocycles. The Morgan fingerprint density at radius 1 is 1.40 bits per heavy atom. The van der Waals surface area contributed by atoms with Crippen molar-refractivity contribution in [1.82, 2.24) is 4.98 Å². The Bertz CT molecular complexity index is 961. The molecule has 1 aromatic carbocycles. The van der Waals surface area contributed by atoms with Gasteiger partial charge >= 0.3 is 0 Å². The molecule has 8 nitrogen and oxygen atoms in total. The number of ether oxygens (including phenoxy) is 1. The van der Waals surface area contributed by atoms with Crippen LogP contribution < -0.4 is 5.73 Å². The van der Waals surface area contributed by atoms with E-state index in [1.807, 2.05) is 0 Å².